The van der Waals surface area contributed by atoms with E-state index in [1.807, 2.05) is 0 Å². The summed E-state index contributed by atoms with van der Waals surface area (Å²) < 4.78 is 0. The van der Waals surface area contributed by atoms with Crippen LogP contribution in [0.5, 0.6) is 0 Å². The molecular weight excluding hydrogens is 292 g/mol. The number of rotatable bonds is 3. The first-order valence-corrected chi connectivity index (χ1v) is 7.44. The zero-order valence-corrected chi connectivity index (χ0v) is 12.2. The zero-order chi connectivity index (χ0) is 15.0. The van der Waals surface area contributed by atoms with Gasteiger partial charge in [0.2, 0.25) is 5.91 Å². The lowest BCUT2D eigenvalue weighted by Gasteiger charge is -2.23. The average Bonchev–Trinajstić information content (AvgIpc) is 3.15. The number of aromatic carboxylic acids is 1. The number of carbonyl (C=O) groups excluding carboxylic acids is 1. The molecule has 1 amide bonds. The molecule has 2 fully saturated rings. The van der Waals surface area contributed by atoms with Gasteiger partial charge in [-0.25, -0.2) is 4.79 Å². The van der Waals surface area contributed by atoms with Crippen molar-refractivity contribution in [1.82, 2.24) is 5.32 Å². The summed E-state index contributed by atoms with van der Waals surface area (Å²) in [6, 6.07) is 4.53. The molecule has 112 valence electrons. The molecule has 3 N–H and O–H groups in total. The van der Waals surface area contributed by atoms with Gasteiger partial charge in [0.15, 0.2) is 0 Å². The predicted octanol–water partition coefficient (Wildman–Crippen LogP) is 2.37. The monoisotopic (exact) mass is 308 g/mol. The molecule has 0 radical (unpaired) electrons. The Morgan fingerprint density at radius 2 is 2.05 bits per heavy atom. The van der Waals surface area contributed by atoms with Crippen LogP contribution in [0.2, 0.25) is 5.02 Å². The van der Waals surface area contributed by atoms with Crippen molar-refractivity contribution in [2.75, 3.05) is 18.4 Å². The Balaban J connectivity index is 1.68. The minimum absolute atomic E-state index is 0.00171. The molecule has 21 heavy (non-hydrogen) atoms. The van der Waals surface area contributed by atoms with E-state index in [2.05, 4.69) is 10.6 Å². The summed E-state index contributed by atoms with van der Waals surface area (Å²) in [6.07, 6.45) is 3.00. The zero-order valence-electron chi connectivity index (χ0n) is 11.5. The molecule has 5 nitrogen and oxygen atoms in total. The number of anilines is 1. The predicted molar refractivity (Wildman–Crippen MR) is 79.7 cm³/mol. The van der Waals surface area contributed by atoms with Crippen molar-refractivity contribution in [2.24, 2.45) is 11.3 Å². The molecule has 1 aromatic rings. The van der Waals surface area contributed by atoms with Crippen LogP contribution >= 0.6 is 11.6 Å². The van der Waals surface area contributed by atoms with Crippen LogP contribution in [0.1, 0.15) is 29.6 Å². The van der Waals surface area contributed by atoms with Gasteiger partial charge in [-0.15, -0.1) is 0 Å². The van der Waals surface area contributed by atoms with Crippen molar-refractivity contribution in [3.05, 3.63) is 28.8 Å². The van der Waals surface area contributed by atoms with Gasteiger partial charge in [0.1, 0.15) is 0 Å². The van der Waals surface area contributed by atoms with Crippen LogP contribution < -0.4 is 10.6 Å². The molecule has 6 heteroatoms. The van der Waals surface area contributed by atoms with E-state index in [9.17, 15) is 9.59 Å². The number of carbonyl (C=O) groups is 2. The maximum atomic E-state index is 12.3. The van der Waals surface area contributed by atoms with E-state index in [4.69, 9.17) is 16.7 Å². The van der Waals surface area contributed by atoms with E-state index in [1.165, 1.54) is 12.1 Å². The van der Waals surface area contributed by atoms with Crippen molar-refractivity contribution in [2.45, 2.75) is 19.3 Å². The van der Waals surface area contributed by atoms with E-state index in [0.29, 0.717) is 5.69 Å². The summed E-state index contributed by atoms with van der Waals surface area (Å²) in [4.78, 5) is 23.3. The topological polar surface area (TPSA) is 78.4 Å². The number of halogens is 1. The second-order valence-electron chi connectivity index (χ2n) is 5.86. The lowest BCUT2D eigenvalue weighted by atomic mass is 9.92. The number of hydrogen-bond donors (Lipinski definition) is 3. The van der Waals surface area contributed by atoms with Gasteiger partial charge >= 0.3 is 5.97 Å². The van der Waals surface area contributed by atoms with Crippen LogP contribution in [0.25, 0.3) is 0 Å². The summed E-state index contributed by atoms with van der Waals surface area (Å²) in [5, 5.41) is 15.3. The molecule has 3 rings (SSSR count). The second-order valence-corrected chi connectivity index (χ2v) is 6.27. The molecule has 1 saturated carbocycles. The van der Waals surface area contributed by atoms with Crippen molar-refractivity contribution >= 4 is 29.2 Å². The summed E-state index contributed by atoms with van der Waals surface area (Å²) in [5.41, 5.74) is 0.650. The van der Waals surface area contributed by atoms with Gasteiger partial charge in [-0.05, 0) is 56.0 Å². The highest BCUT2D eigenvalue weighted by Gasteiger charge is 2.57. The highest BCUT2D eigenvalue weighted by molar-refractivity contribution is 6.33. The molecular formula is C15H17ClN2O3. The maximum absolute atomic E-state index is 12.3. The van der Waals surface area contributed by atoms with Crippen LogP contribution in [0.4, 0.5) is 5.69 Å². The van der Waals surface area contributed by atoms with Gasteiger partial charge in [-0.3, -0.25) is 4.79 Å². The number of piperidine rings is 1. The molecule has 0 aromatic heterocycles. The SMILES string of the molecule is O=C(O)c1cc(NC(=O)C2CC23CCNCC3)ccc1Cl. The number of amides is 1. The molecule has 1 heterocycles. The van der Waals surface area contributed by atoms with Gasteiger partial charge in [-0.2, -0.15) is 0 Å². The highest BCUT2D eigenvalue weighted by Crippen LogP contribution is 2.58. The molecule has 1 atom stereocenters. The van der Waals surface area contributed by atoms with Crippen LogP contribution in [0, 0.1) is 11.3 Å². The molecule has 1 aliphatic heterocycles. The van der Waals surface area contributed by atoms with Gasteiger partial charge < -0.3 is 15.7 Å². The fraction of sp³-hybridized carbons (Fsp3) is 0.467. The fourth-order valence-electron chi connectivity index (χ4n) is 3.19. The first-order chi connectivity index (χ1) is 10.0. The number of hydrogen-bond acceptors (Lipinski definition) is 3. The third-order valence-electron chi connectivity index (χ3n) is 4.57. The number of nitrogens with one attached hydrogen (secondary N) is 2. The third-order valence-corrected chi connectivity index (χ3v) is 4.90. The quantitative estimate of drug-likeness (QED) is 0.801. The van der Waals surface area contributed by atoms with Crippen molar-refractivity contribution < 1.29 is 14.7 Å². The number of benzene rings is 1. The molecule has 1 spiro atoms. The summed E-state index contributed by atoms with van der Waals surface area (Å²) >= 11 is 5.82. The smallest absolute Gasteiger partial charge is 0.337 e. The Morgan fingerprint density at radius 1 is 1.33 bits per heavy atom. The average molecular weight is 309 g/mol. The van der Waals surface area contributed by atoms with E-state index in [-0.39, 0.29) is 27.8 Å². The highest BCUT2D eigenvalue weighted by atomic mass is 35.5. The minimum atomic E-state index is -1.10. The number of carboxylic acid groups (broad SMARTS) is 1. The molecule has 1 aromatic carbocycles. The minimum Gasteiger partial charge on any atom is -0.478 e. The lowest BCUT2D eigenvalue weighted by Crippen LogP contribution is -2.31. The van der Waals surface area contributed by atoms with Crippen LogP contribution in [-0.4, -0.2) is 30.1 Å². The number of carboxylic acids is 1. The first kappa shape index (κ1) is 14.4. The maximum Gasteiger partial charge on any atom is 0.337 e. The fourth-order valence-corrected chi connectivity index (χ4v) is 3.39. The van der Waals surface area contributed by atoms with Gasteiger partial charge in [0.05, 0.1) is 10.6 Å². The van der Waals surface area contributed by atoms with Gasteiger partial charge in [-0.1, -0.05) is 11.6 Å². The molecule has 1 saturated heterocycles. The van der Waals surface area contributed by atoms with Gasteiger partial charge in [0, 0.05) is 11.6 Å². The normalized spacial score (nSPS) is 22.8. The first-order valence-electron chi connectivity index (χ1n) is 7.06. The second kappa shape index (κ2) is 5.31. The Kier molecular flexibility index (Phi) is 3.63. The standard InChI is InChI=1S/C15H17ClN2O3/c16-12-2-1-9(7-10(12)14(20)21)18-13(19)11-8-15(11)3-5-17-6-4-15/h1-2,7,11,17H,3-6,8H2,(H,18,19)(H,20,21). The largest absolute Gasteiger partial charge is 0.478 e. The molecule has 1 aliphatic carbocycles. The summed E-state index contributed by atoms with van der Waals surface area (Å²) in [6.45, 7) is 1.93. The molecule has 1 unspecified atom stereocenters. The molecule has 0 bridgehead atoms. The lowest BCUT2D eigenvalue weighted by molar-refractivity contribution is -0.118. The van der Waals surface area contributed by atoms with E-state index in [1.54, 1.807) is 6.07 Å². The summed E-state index contributed by atoms with van der Waals surface area (Å²) in [5.74, 6) is -1.07. The molecule has 2 aliphatic rings. The third kappa shape index (κ3) is 2.76. The Hall–Kier alpha value is -1.59. The van der Waals surface area contributed by atoms with Gasteiger partial charge in [0.25, 0.3) is 0 Å². The van der Waals surface area contributed by atoms with Crippen LogP contribution in [-0.2, 0) is 4.79 Å². The summed E-state index contributed by atoms with van der Waals surface area (Å²) in [7, 11) is 0. The van der Waals surface area contributed by atoms with E-state index < -0.39 is 5.97 Å². The van der Waals surface area contributed by atoms with Crippen LogP contribution in [0.3, 0.4) is 0 Å². The van der Waals surface area contributed by atoms with Crippen LogP contribution in [0.15, 0.2) is 18.2 Å². The Labute approximate surface area is 127 Å². The van der Waals surface area contributed by atoms with Crippen molar-refractivity contribution in [3.63, 3.8) is 0 Å². The van der Waals surface area contributed by atoms with E-state index in [0.717, 1.165) is 32.4 Å². The van der Waals surface area contributed by atoms with Crippen molar-refractivity contribution in [3.8, 4) is 0 Å². The van der Waals surface area contributed by atoms with E-state index >= 15 is 0 Å². The van der Waals surface area contributed by atoms with Crippen molar-refractivity contribution in [1.29, 1.82) is 0 Å². The Morgan fingerprint density at radius 3 is 2.71 bits per heavy atom. The Bertz CT molecular complexity index is 597.